The molecular formula is C18H21N3O6. The van der Waals surface area contributed by atoms with E-state index in [1.807, 2.05) is 6.92 Å². The number of Topliss-reactive ketones (excluding diaryl/α,β-unsaturated/α-hetero) is 2. The number of benzene rings is 1. The monoisotopic (exact) mass is 375 g/mol. The first-order valence-electron chi connectivity index (χ1n) is 8.66. The fourth-order valence-electron chi connectivity index (χ4n) is 2.86. The van der Waals surface area contributed by atoms with E-state index in [1.165, 1.54) is 24.3 Å². The van der Waals surface area contributed by atoms with Gasteiger partial charge in [-0.1, -0.05) is 18.5 Å². The van der Waals surface area contributed by atoms with Crippen molar-refractivity contribution in [3.8, 4) is 0 Å². The molecular weight excluding hydrogens is 354 g/mol. The van der Waals surface area contributed by atoms with Gasteiger partial charge in [0.25, 0.3) is 11.6 Å². The molecule has 1 aromatic carbocycles. The van der Waals surface area contributed by atoms with Gasteiger partial charge in [0.15, 0.2) is 11.6 Å². The van der Waals surface area contributed by atoms with Gasteiger partial charge in [0.1, 0.15) is 12.5 Å². The van der Waals surface area contributed by atoms with Crippen molar-refractivity contribution in [2.24, 2.45) is 11.1 Å². The van der Waals surface area contributed by atoms with Crippen LogP contribution in [0.4, 0.5) is 5.69 Å². The van der Waals surface area contributed by atoms with Crippen LogP contribution < -0.4 is 0 Å². The number of nitrogens with zero attached hydrogens (tertiary/aromatic N) is 3. The number of hydrogen-bond donors (Lipinski definition) is 0. The Kier molecular flexibility index (Phi) is 6.75. The molecule has 1 aliphatic heterocycles. The standard InChI is InChI=1S/C18H21N3O6/c1-3-5-14(19-27-4-2)17-15(22)10-20(11-16(17)23)18(24)12-6-8-13(9-7-12)21(25)26/h6-9,17H,3-5,10-11H2,1-2H3. The van der Waals surface area contributed by atoms with Gasteiger partial charge in [-0.05, 0) is 25.5 Å². The molecule has 0 N–H and O–H groups in total. The van der Waals surface area contributed by atoms with Gasteiger partial charge < -0.3 is 9.74 Å². The van der Waals surface area contributed by atoms with Crippen molar-refractivity contribution in [1.29, 1.82) is 0 Å². The van der Waals surface area contributed by atoms with E-state index >= 15 is 0 Å². The van der Waals surface area contributed by atoms with E-state index in [1.54, 1.807) is 6.92 Å². The highest BCUT2D eigenvalue weighted by Crippen LogP contribution is 2.19. The molecule has 1 saturated heterocycles. The Bertz CT molecular complexity index is 754. The summed E-state index contributed by atoms with van der Waals surface area (Å²) in [5, 5.41) is 14.6. The summed E-state index contributed by atoms with van der Waals surface area (Å²) in [7, 11) is 0. The van der Waals surface area contributed by atoms with Crippen molar-refractivity contribution in [3.05, 3.63) is 39.9 Å². The van der Waals surface area contributed by atoms with Crippen molar-refractivity contribution in [2.75, 3.05) is 19.7 Å². The van der Waals surface area contributed by atoms with Crippen LogP contribution in [0.15, 0.2) is 29.4 Å². The molecule has 0 aliphatic carbocycles. The summed E-state index contributed by atoms with van der Waals surface area (Å²) in [6.07, 6.45) is 1.16. The third kappa shape index (κ3) is 4.75. The van der Waals surface area contributed by atoms with Crippen LogP contribution in [0.5, 0.6) is 0 Å². The Hall–Kier alpha value is -3.10. The van der Waals surface area contributed by atoms with Gasteiger partial charge >= 0.3 is 0 Å². The normalized spacial score (nSPS) is 15.8. The number of carbonyl (C=O) groups is 3. The summed E-state index contributed by atoms with van der Waals surface area (Å²) in [5.41, 5.74) is 0.418. The number of likely N-dealkylation sites (tertiary alicyclic amines) is 1. The first kappa shape index (κ1) is 20.2. The highest BCUT2D eigenvalue weighted by atomic mass is 16.6. The van der Waals surface area contributed by atoms with Crippen LogP contribution in [0.25, 0.3) is 0 Å². The first-order chi connectivity index (χ1) is 12.9. The lowest BCUT2D eigenvalue weighted by atomic mass is 9.87. The van der Waals surface area contributed by atoms with Gasteiger partial charge in [-0.2, -0.15) is 0 Å². The molecule has 1 aliphatic rings. The van der Waals surface area contributed by atoms with E-state index in [0.717, 1.165) is 4.90 Å². The Labute approximate surface area is 156 Å². The largest absolute Gasteiger partial charge is 0.396 e. The number of carbonyl (C=O) groups excluding carboxylic acids is 3. The van der Waals surface area contributed by atoms with Gasteiger partial charge in [-0.3, -0.25) is 24.5 Å². The zero-order valence-electron chi connectivity index (χ0n) is 15.2. The maximum Gasteiger partial charge on any atom is 0.269 e. The lowest BCUT2D eigenvalue weighted by Gasteiger charge is -2.30. The number of amides is 1. The SMILES string of the molecule is CCCC(=NOCC)C1C(=O)CN(C(=O)c2ccc([N+](=O)[O-])cc2)CC1=O. The van der Waals surface area contributed by atoms with Crippen LogP contribution in [0.1, 0.15) is 37.0 Å². The fraction of sp³-hybridized carbons (Fsp3) is 0.444. The molecule has 1 fully saturated rings. The van der Waals surface area contributed by atoms with Gasteiger partial charge in [0.2, 0.25) is 0 Å². The zero-order chi connectivity index (χ0) is 20.0. The summed E-state index contributed by atoms with van der Waals surface area (Å²) >= 11 is 0. The molecule has 0 radical (unpaired) electrons. The summed E-state index contributed by atoms with van der Waals surface area (Å²) in [4.78, 5) is 53.9. The topological polar surface area (TPSA) is 119 Å². The number of oxime groups is 1. The average molecular weight is 375 g/mol. The van der Waals surface area contributed by atoms with Gasteiger partial charge in [-0.15, -0.1) is 0 Å². The highest BCUT2D eigenvalue weighted by molar-refractivity contribution is 6.24. The van der Waals surface area contributed by atoms with Crippen LogP contribution >= 0.6 is 0 Å². The third-order valence-corrected chi connectivity index (χ3v) is 4.10. The molecule has 9 heteroatoms. The number of ketones is 2. The first-order valence-corrected chi connectivity index (χ1v) is 8.66. The molecule has 144 valence electrons. The Morgan fingerprint density at radius 1 is 1.22 bits per heavy atom. The average Bonchev–Trinajstić information content (AvgIpc) is 2.64. The second-order valence-electron chi connectivity index (χ2n) is 6.08. The van der Waals surface area contributed by atoms with Crippen molar-refractivity contribution >= 4 is 28.9 Å². The van der Waals surface area contributed by atoms with E-state index in [0.29, 0.717) is 25.2 Å². The summed E-state index contributed by atoms with van der Waals surface area (Å²) < 4.78 is 0. The maximum absolute atomic E-state index is 12.5. The molecule has 0 unspecified atom stereocenters. The summed E-state index contributed by atoms with van der Waals surface area (Å²) in [6.45, 7) is 3.54. The molecule has 9 nitrogen and oxygen atoms in total. The van der Waals surface area contributed by atoms with Crippen molar-refractivity contribution in [3.63, 3.8) is 0 Å². The predicted octanol–water partition coefficient (Wildman–Crippen LogP) is 2.00. The van der Waals surface area contributed by atoms with E-state index in [-0.39, 0.29) is 24.3 Å². The molecule has 1 aromatic rings. The van der Waals surface area contributed by atoms with Crippen molar-refractivity contribution in [1.82, 2.24) is 4.90 Å². The van der Waals surface area contributed by atoms with Crippen LogP contribution in [0, 0.1) is 16.0 Å². The van der Waals surface area contributed by atoms with Crippen molar-refractivity contribution < 1.29 is 24.1 Å². The van der Waals surface area contributed by atoms with Crippen LogP contribution in [0.2, 0.25) is 0 Å². The van der Waals surface area contributed by atoms with E-state index < -0.39 is 28.3 Å². The maximum atomic E-state index is 12.5. The van der Waals surface area contributed by atoms with Gasteiger partial charge in [-0.25, -0.2) is 0 Å². The second-order valence-corrected chi connectivity index (χ2v) is 6.08. The minimum atomic E-state index is -0.989. The van der Waals surface area contributed by atoms with E-state index in [4.69, 9.17) is 4.84 Å². The Morgan fingerprint density at radius 2 is 1.81 bits per heavy atom. The number of rotatable bonds is 7. The lowest BCUT2D eigenvalue weighted by Crippen LogP contribution is -2.52. The minimum Gasteiger partial charge on any atom is -0.396 e. The smallest absolute Gasteiger partial charge is 0.269 e. The molecule has 27 heavy (non-hydrogen) atoms. The quantitative estimate of drug-likeness (QED) is 0.311. The zero-order valence-corrected chi connectivity index (χ0v) is 15.2. The third-order valence-electron chi connectivity index (χ3n) is 4.10. The van der Waals surface area contributed by atoms with Crippen LogP contribution in [0.3, 0.4) is 0 Å². The fourth-order valence-corrected chi connectivity index (χ4v) is 2.86. The predicted molar refractivity (Wildman–Crippen MR) is 96.5 cm³/mol. The number of nitro benzene ring substituents is 1. The molecule has 1 heterocycles. The Morgan fingerprint density at radius 3 is 2.30 bits per heavy atom. The number of piperidine rings is 1. The second kappa shape index (κ2) is 9.02. The number of nitro groups is 1. The van der Waals surface area contributed by atoms with E-state index in [2.05, 4.69) is 5.16 Å². The summed E-state index contributed by atoms with van der Waals surface area (Å²) in [5.74, 6) is -2.33. The van der Waals surface area contributed by atoms with Gasteiger partial charge in [0.05, 0.1) is 23.7 Å². The number of non-ortho nitro benzene ring substituents is 1. The van der Waals surface area contributed by atoms with Crippen molar-refractivity contribution in [2.45, 2.75) is 26.7 Å². The molecule has 0 aromatic heterocycles. The Balaban J connectivity index is 2.15. The molecule has 0 atom stereocenters. The van der Waals surface area contributed by atoms with Crippen LogP contribution in [-0.2, 0) is 14.4 Å². The van der Waals surface area contributed by atoms with E-state index in [9.17, 15) is 24.5 Å². The van der Waals surface area contributed by atoms with Crippen LogP contribution in [-0.4, -0.2) is 52.7 Å². The molecule has 0 spiro atoms. The van der Waals surface area contributed by atoms with Gasteiger partial charge in [0, 0.05) is 17.7 Å². The number of hydrogen-bond acceptors (Lipinski definition) is 7. The lowest BCUT2D eigenvalue weighted by molar-refractivity contribution is -0.384. The molecule has 2 rings (SSSR count). The molecule has 0 saturated carbocycles. The molecule has 0 bridgehead atoms. The molecule has 1 amide bonds. The minimum absolute atomic E-state index is 0.145. The highest BCUT2D eigenvalue weighted by Gasteiger charge is 2.39. The summed E-state index contributed by atoms with van der Waals surface area (Å²) in [6, 6.07) is 5.02.